The smallest absolute Gasteiger partial charge is 0.137 e. The van der Waals surface area contributed by atoms with Crippen molar-refractivity contribution in [2.45, 2.75) is 6.42 Å². The number of nitrogens with zero attached hydrogens (tertiary/aromatic N) is 2. The largest absolute Gasteiger partial charge is 0.305 e. The predicted octanol–water partition coefficient (Wildman–Crippen LogP) is 3.64. The van der Waals surface area contributed by atoms with Crippen molar-refractivity contribution in [3.05, 3.63) is 57.6 Å². The molecule has 0 fully saturated rings. The molecule has 0 aromatic carbocycles. The molecule has 0 radical (unpaired) electrons. The van der Waals surface area contributed by atoms with Gasteiger partial charge in [0.05, 0.1) is 10.7 Å². The number of halogens is 1. The molecule has 4 heteroatoms. The Bertz CT molecular complexity index is 613. The van der Waals surface area contributed by atoms with Crippen molar-refractivity contribution < 1.29 is 0 Å². The third-order valence-corrected chi connectivity index (χ3v) is 3.50. The summed E-state index contributed by atoms with van der Waals surface area (Å²) in [5.41, 5.74) is 2.01. The summed E-state index contributed by atoms with van der Waals surface area (Å²) in [7, 11) is 0. The molecule has 0 aliphatic heterocycles. The molecule has 0 amide bonds. The Labute approximate surface area is 102 Å². The lowest BCUT2D eigenvalue weighted by atomic mass is 10.3. The van der Waals surface area contributed by atoms with Crippen LogP contribution in [0, 0.1) is 0 Å². The Morgan fingerprint density at radius 3 is 3.00 bits per heavy atom. The first-order valence-corrected chi connectivity index (χ1v) is 6.22. The quantitative estimate of drug-likeness (QED) is 0.677. The van der Waals surface area contributed by atoms with Gasteiger partial charge in [-0.25, -0.2) is 4.98 Å². The summed E-state index contributed by atoms with van der Waals surface area (Å²) in [5, 5.41) is 2.81. The van der Waals surface area contributed by atoms with Gasteiger partial charge in [0.2, 0.25) is 0 Å². The van der Waals surface area contributed by atoms with Gasteiger partial charge in [0.1, 0.15) is 5.65 Å². The first kappa shape index (κ1) is 9.87. The van der Waals surface area contributed by atoms with Crippen LogP contribution in [0.5, 0.6) is 0 Å². The highest BCUT2D eigenvalue weighted by atomic mass is 35.5. The Morgan fingerprint density at radius 1 is 1.25 bits per heavy atom. The Balaban J connectivity index is 1.99. The first-order valence-electron chi connectivity index (χ1n) is 4.97. The SMILES string of the molecule is Clc1ccc2nc(Cc3cccs3)cn2c1. The molecule has 80 valence electrons. The van der Waals surface area contributed by atoms with Gasteiger partial charge in [-0.05, 0) is 23.6 Å². The van der Waals surface area contributed by atoms with Crippen molar-refractivity contribution in [3.63, 3.8) is 0 Å². The van der Waals surface area contributed by atoms with E-state index in [1.807, 2.05) is 28.9 Å². The van der Waals surface area contributed by atoms with E-state index >= 15 is 0 Å². The van der Waals surface area contributed by atoms with Gasteiger partial charge in [-0.15, -0.1) is 11.3 Å². The molecule has 0 bridgehead atoms. The molecule has 3 rings (SSSR count). The number of thiophene rings is 1. The lowest BCUT2D eigenvalue weighted by Gasteiger charge is -1.91. The summed E-state index contributed by atoms with van der Waals surface area (Å²) >= 11 is 7.68. The summed E-state index contributed by atoms with van der Waals surface area (Å²) < 4.78 is 1.96. The maximum atomic E-state index is 5.92. The summed E-state index contributed by atoms with van der Waals surface area (Å²) in [4.78, 5) is 5.87. The molecule has 2 nitrogen and oxygen atoms in total. The van der Waals surface area contributed by atoms with Crippen molar-refractivity contribution in [2.24, 2.45) is 0 Å². The van der Waals surface area contributed by atoms with Gasteiger partial charge in [-0.1, -0.05) is 17.7 Å². The third-order valence-electron chi connectivity index (χ3n) is 2.40. The van der Waals surface area contributed by atoms with Crippen molar-refractivity contribution in [1.82, 2.24) is 9.38 Å². The minimum Gasteiger partial charge on any atom is -0.305 e. The maximum absolute atomic E-state index is 5.92. The molecule has 0 spiro atoms. The van der Waals surface area contributed by atoms with Crippen LogP contribution < -0.4 is 0 Å². The fourth-order valence-corrected chi connectivity index (χ4v) is 2.58. The van der Waals surface area contributed by atoms with Crippen molar-refractivity contribution in [2.75, 3.05) is 0 Å². The van der Waals surface area contributed by atoms with E-state index in [4.69, 9.17) is 11.6 Å². The molecule has 0 saturated carbocycles. The standard InChI is InChI=1S/C12H9ClN2S/c13-9-3-4-12-14-10(8-15(12)7-9)6-11-2-1-5-16-11/h1-5,7-8H,6H2. The van der Waals surface area contributed by atoms with Gasteiger partial charge >= 0.3 is 0 Å². The molecule has 0 aliphatic rings. The summed E-state index contributed by atoms with van der Waals surface area (Å²) in [5.74, 6) is 0. The molecule has 16 heavy (non-hydrogen) atoms. The van der Waals surface area contributed by atoms with Gasteiger partial charge in [-0.2, -0.15) is 0 Å². The van der Waals surface area contributed by atoms with E-state index in [1.54, 1.807) is 11.3 Å². The molecule has 0 atom stereocenters. The zero-order valence-corrected chi connectivity index (χ0v) is 10.0. The number of hydrogen-bond acceptors (Lipinski definition) is 2. The van der Waals surface area contributed by atoms with Gasteiger partial charge in [0.15, 0.2) is 0 Å². The molecule has 3 aromatic heterocycles. The number of pyridine rings is 1. The Morgan fingerprint density at radius 2 is 2.19 bits per heavy atom. The van der Waals surface area contributed by atoms with Crippen LogP contribution in [0.2, 0.25) is 5.02 Å². The average Bonchev–Trinajstić information content (AvgIpc) is 2.86. The number of fused-ring (bicyclic) bond motifs is 1. The second-order valence-corrected chi connectivity index (χ2v) is 5.07. The second kappa shape index (κ2) is 3.92. The predicted molar refractivity (Wildman–Crippen MR) is 67.3 cm³/mol. The molecule has 0 unspecified atom stereocenters. The Kier molecular flexibility index (Phi) is 2.42. The average molecular weight is 249 g/mol. The fraction of sp³-hybridized carbons (Fsp3) is 0.0833. The Hall–Kier alpha value is -1.32. The third kappa shape index (κ3) is 1.84. The van der Waals surface area contributed by atoms with Crippen LogP contribution in [-0.2, 0) is 6.42 Å². The lowest BCUT2D eigenvalue weighted by molar-refractivity contribution is 1.14. The molecule has 0 aliphatic carbocycles. The lowest BCUT2D eigenvalue weighted by Crippen LogP contribution is -1.82. The van der Waals surface area contributed by atoms with Crippen LogP contribution in [0.15, 0.2) is 42.0 Å². The monoisotopic (exact) mass is 248 g/mol. The number of hydrogen-bond donors (Lipinski definition) is 0. The van der Waals surface area contributed by atoms with Crippen LogP contribution in [0.1, 0.15) is 10.6 Å². The number of rotatable bonds is 2. The van der Waals surface area contributed by atoms with Gasteiger partial charge in [0.25, 0.3) is 0 Å². The minimum absolute atomic E-state index is 0.729. The molecule has 3 heterocycles. The minimum atomic E-state index is 0.729. The van der Waals surface area contributed by atoms with Crippen molar-refractivity contribution >= 4 is 28.6 Å². The zero-order valence-electron chi connectivity index (χ0n) is 8.43. The van der Waals surface area contributed by atoms with E-state index in [-0.39, 0.29) is 0 Å². The fourth-order valence-electron chi connectivity index (χ4n) is 1.69. The van der Waals surface area contributed by atoms with Crippen LogP contribution in [0.4, 0.5) is 0 Å². The number of imidazole rings is 1. The summed E-state index contributed by atoms with van der Waals surface area (Å²) in [6.45, 7) is 0. The van der Waals surface area contributed by atoms with Crippen molar-refractivity contribution in [1.29, 1.82) is 0 Å². The first-order chi connectivity index (χ1) is 7.81. The van der Waals surface area contributed by atoms with Gasteiger partial charge < -0.3 is 4.40 Å². The van der Waals surface area contributed by atoms with E-state index in [0.29, 0.717) is 0 Å². The highest BCUT2D eigenvalue weighted by molar-refractivity contribution is 7.09. The highest BCUT2D eigenvalue weighted by Crippen LogP contribution is 2.16. The molecule has 0 saturated heterocycles. The molecular weight excluding hydrogens is 240 g/mol. The van der Waals surface area contributed by atoms with Crippen LogP contribution in [-0.4, -0.2) is 9.38 Å². The van der Waals surface area contributed by atoms with E-state index in [2.05, 4.69) is 22.5 Å². The van der Waals surface area contributed by atoms with Crippen LogP contribution in [0.3, 0.4) is 0 Å². The van der Waals surface area contributed by atoms with Gasteiger partial charge in [0, 0.05) is 23.7 Å². The maximum Gasteiger partial charge on any atom is 0.137 e. The second-order valence-electron chi connectivity index (χ2n) is 3.60. The van der Waals surface area contributed by atoms with E-state index < -0.39 is 0 Å². The molecule has 3 aromatic rings. The van der Waals surface area contributed by atoms with Crippen molar-refractivity contribution in [3.8, 4) is 0 Å². The molecule has 0 N–H and O–H groups in total. The topological polar surface area (TPSA) is 17.3 Å². The highest BCUT2D eigenvalue weighted by Gasteiger charge is 2.03. The van der Waals surface area contributed by atoms with Crippen LogP contribution in [0.25, 0.3) is 5.65 Å². The normalized spacial score (nSPS) is 11.1. The van der Waals surface area contributed by atoms with Crippen LogP contribution >= 0.6 is 22.9 Å². The van der Waals surface area contributed by atoms with E-state index in [1.165, 1.54) is 4.88 Å². The number of aromatic nitrogens is 2. The van der Waals surface area contributed by atoms with E-state index in [0.717, 1.165) is 22.8 Å². The summed E-state index contributed by atoms with van der Waals surface area (Å²) in [6.07, 6.45) is 4.79. The zero-order chi connectivity index (χ0) is 11.0. The van der Waals surface area contributed by atoms with E-state index in [9.17, 15) is 0 Å². The van der Waals surface area contributed by atoms with Gasteiger partial charge in [-0.3, -0.25) is 0 Å². The molecular formula is C12H9ClN2S. The summed E-state index contributed by atoms with van der Waals surface area (Å²) in [6, 6.07) is 7.98.